The van der Waals surface area contributed by atoms with Crippen molar-refractivity contribution in [3.63, 3.8) is 0 Å². The zero-order chi connectivity index (χ0) is 18.4. The molecule has 0 aliphatic rings. The molecule has 132 valence electrons. The second-order valence-corrected chi connectivity index (χ2v) is 5.04. The molecule has 0 heterocycles. The molecule has 0 radical (unpaired) electrons. The van der Waals surface area contributed by atoms with E-state index in [4.69, 9.17) is 18.9 Å². The highest BCUT2D eigenvalue weighted by Gasteiger charge is 2.17. The summed E-state index contributed by atoms with van der Waals surface area (Å²) in [6.45, 7) is 0. The molecular weight excluding hydrogens is 324 g/mol. The molecule has 6 nitrogen and oxygen atoms in total. The topological polar surface area (TPSA) is 74.2 Å². The molecule has 2 rings (SSSR count). The van der Waals surface area contributed by atoms with Crippen LogP contribution in [-0.2, 0) is 4.79 Å². The van der Waals surface area contributed by atoms with Gasteiger partial charge in [0.15, 0.2) is 11.5 Å². The summed E-state index contributed by atoms with van der Waals surface area (Å²) in [5, 5.41) is 9.68. The molecule has 0 aliphatic carbocycles. The molecule has 0 atom stereocenters. The van der Waals surface area contributed by atoms with Gasteiger partial charge in [0.25, 0.3) is 0 Å². The Morgan fingerprint density at radius 3 is 2.04 bits per heavy atom. The van der Waals surface area contributed by atoms with E-state index in [2.05, 4.69) is 0 Å². The van der Waals surface area contributed by atoms with Gasteiger partial charge >= 0.3 is 5.97 Å². The lowest BCUT2D eigenvalue weighted by molar-refractivity contribution is -0.130. The number of rotatable bonds is 7. The zero-order valence-electron chi connectivity index (χ0n) is 14.5. The number of aliphatic carboxylic acids is 1. The van der Waals surface area contributed by atoms with E-state index in [9.17, 15) is 9.90 Å². The number of hydrogen-bond donors (Lipinski definition) is 1. The molecule has 2 aromatic carbocycles. The maximum absolute atomic E-state index is 11.8. The van der Waals surface area contributed by atoms with Crippen molar-refractivity contribution in [2.45, 2.75) is 0 Å². The Balaban J connectivity index is 2.59. The van der Waals surface area contributed by atoms with E-state index in [1.165, 1.54) is 28.4 Å². The van der Waals surface area contributed by atoms with Gasteiger partial charge in [-0.3, -0.25) is 0 Å². The average Bonchev–Trinajstić information content (AvgIpc) is 2.65. The lowest BCUT2D eigenvalue weighted by atomic mass is 10.0. The second kappa shape index (κ2) is 8.10. The van der Waals surface area contributed by atoms with Gasteiger partial charge < -0.3 is 24.1 Å². The first-order chi connectivity index (χ1) is 12.0. The Labute approximate surface area is 146 Å². The van der Waals surface area contributed by atoms with Crippen molar-refractivity contribution in [1.82, 2.24) is 0 Å². The Bertz CT molecular complexity index is 794. The van der Waals surface area contributed by atoms with Crippen LogP contribution < -0.4 is 18.9 Å². The van der Waals surface area contributed by atoms with E-state index >= 15 is 0 Å². The van der Waals surface area contributed by atoms with Gasteiger partial charge in [0, 0.05) is 5.56 Å². The SMILES string of the molecule is COc1ccc(OC)c(/C(=C/c2ccc(OC)c(OC)c2)C(=O)O)c1. The number of hydrogen-bond acceptors (Lipinski definition) is 5. The third-order valence-corrected chi connectivity index (χ3v) is 3.65. The van der Waals surface area contributed by atoms with Crippen LogP contribution in [0.1, 0.15) is 11.1 Å². The Hall–Kier alpha value is -3.15. The molecule has 0 saturated carbocycles. The normalized spacial score (nSPS) is 11.0. The van der Waals surface area contributed by atoms with Crippen molar-refractivity contribution in [2.75, 3.05) is 28.4 Å². The molecule has 6 heteroatoms. The van der Waals surface area contributed by atoms with E-state index in [0.717, 1.165) is 0 Å². The van der Waals surface area contributed by atoms with Crippen LogP contribution >= 0.6 is 0 Å². The van der Waals surface area contributed by atoms with Gasteiger partial charge in [-0.15, -0.1) is 0 Å². The fraction of sp³-hybridized carbons (Fsp3) is 0.211. The minimum Gasteiger partial charge on any atom is -0.497 e. The Kier molecular flexibility index (Phi) is 5.89. The van der Waals surface area contributed by atoms with E-state index in [1.54, 1.807) is 42.5 Å². The minimum atomic E-state index is -1.08. The van der Waals surface area contributed by atoms with Gasteiger partial charge in [0.05, 0.1) is 34.0 Å². The van der Waals surface area contributed by atoms with Crippen LogP contribution in [0.5, 0.6) is 23.0 Å². The molecule has 0 aromatic heterocycles. The molecule has 0 amide bonds. The first-order valence-electron chi connectivity index (χ1n) is 7.43. The van der Waals surface area contributed by atoms with Gasteiger partial charge in [-0.25, -0.2) is 4.79 Å². The molecule has 0 unspecified atom stereocenters. The monoisotopic (exact) mass is 344 g/mol. The van der Waals surface area contributed by atoms with Crippen LogP contribution in [0.4, 0.5) is 0 Å². The van der Waals surface area contributed by atoms with Crippen molar-refractivity contribution in [3.8, 4) is 23.0 Å². The lowest BCUT2D eigenvalue weighted by Gasteiger charge is -2.12. The third kappa shape index (κ3) is 4.03. The summed E-state index contributed by atoms with van der Waals surface area (Å²) in [6, 6.07) is 10.2. The minimum absolute atomic E-state index is 0.0722. The van der Waals surface area contributed by atoms with Crippen molar-refractivity contribution >= 4 is 17.6 Å². The van der Waals surface area contributed by atoms with E-state index in [0.29, 0.717) is 34.1 Å². The maximum Gasteiger partial charge on any atom is 0.336 e. The summed E-state index contributed by atoms with van der Waals surface area (Å²) >= 11 is 0. The maximum atomic E-state index is 11.8. The second-order valence-electron chi connectivity index (χ2n) is 5.04. The summed E-state index contributed by atoms with van der Waals surface area (Å²) in [7, 11) is 6.07. The molecule has 1 N–H and O–H groups in total. The lowest BCUT2D eigenvalue weighted by Crippen LogP contribution is -2.02. The van der Waals surface area contributed by atoms with E-state index in [-0.39, 0.29) is 5.57 Å². The van der Waals surface area contributed by atoms with Gasteiger partial charge in [0.2, 0.25) is 0 Å². The van der Waals surface area contributed by atoms with Crippen LogP contribution in [0.2, 0.25) is 0 Å². The van der Waals surface area contributed by atoms with Crippen molar-refractivity contribution in [1.29, 1.82) is 0 Å². The number of carboxylic acid groups (broad SMARTS) is 1. The van der Waals surface area contributed by atoms with Crippen LogP contribution in [0.25, 0.3) is 11.6 Å². The van der Waals surface area contributed by atoms with Crippen LogP contribution in [0.15, 0.2) is 36.4 Å². The summed E-state index contributed by atoms with van der Waals surface area (Å²) in [5.41, 5.74) is 1.15. The Morgan fingerprint density at radius 2 is 1.48 bits per heavy atom. The first kappa shape index (κ1) is 18.2. The fourth-order valence-electron chi connectivity index (χ4n) is 2.39. The molecule has 0 saturated heterocycles. The van der Waals surface area contributed by atoms with Crippen molar-refractivity contribution < 1.29 is 28.8 Å². The highest BCUT2D eigenvalue weighted by atomic mass is 16.5. The predicted octanol–water partition coefficient (Wildman–Crippen LogP) is 3.35. The standard InChI is InChI=1S/C19H20O6/c1-22-13-6-8-16(23-2)14(11-13)15(19(20)21)9-12-5-7-17(24-3)18(10-12)25-4/h5-11H,1-4H3,(H,20,21)/b15-9-. The number of benzene rings is 2. The zero-order valence-corrected chi connectivity index (χ0v) is 14.5. The summed E-state index contributed by atoms with van der Waals surface area (Å²) in [4.78, 5) is 11.8. The molecule has 0 fully saturated rings. The molecule has 0 spiro atoms. The van der Waals surface area contributed by atoms with Crippen LogP contribution in [-0.4, -0.2) is 39.5 Å². The number of carboxylic acids is 1. The summed E-state index contributed by atoms with van der Waals surface area (Å²) in [6.07, 6.45) is 1.54. The molecule has 25 heavy (non-hydrogen) atoms. The highest BCUT2D eigenvalue weighted by Crippen LogP contribution is 2.33. The van der Waals surface area contributed by atoms with Crippen molar-refractivity contribution in [2.24, 2.45) is 0 Å². The molecular formula is C19H20O6. The quantitative estimate of drug-likeness (QED) is 0.613. The smallest absolute Gasteiger partial charge is 0.336 e. The number of methoxy groups -OCH3 is 4. The average molecular weight is 344 g/mol. The number of carbonyl (C=O) groups is 1. The fourth-order valence-corrected chi connectivity index (χ4v) is 2.39. The molecule has 0 bridgehead atoms. The van der Waals surface area contributed by atoms with E-state index < -0.39 is 5.97 Å². The van der Waals surface area contributed by atoms with Gasteiger partial charge in [-0.2, -0.15) is 0 Å². The molecule has 2 aromatic rings. The predicted molar refractivity (Wildman–Crippen MR) is 94.6 cm³/mol. The van der Waals surface area contributed by atoms with Crippen LogP contribution in [0.3, 0.4) is 0 Å². The van der Waals surface area contributed by atoms with Crippen molar-refractivity contribution in [3.05, 3.63) is 47.5 Å². The van der Waals surface area contributed by atoms with Crippen LogP contribution in [0, 0.1) is 0 Å². The summed E-state index contributed by atoms with van der Waals surface area (Å²) in [5.74, 6) is 0.973. The first-order valence-corrected chi connectivity index (χ1v) is 7.43. The molecule has 0 aliphatic heterocycles. The highest BCUT2D eigenvalue weighted by molar-refractivity contribution is 6.21. The van der Waals surface area contributed by atoms with Gasteiger partial charge in [0.1, 0.15) is 11.5 Å². The van der Waals surface area contributed by atoms with E-state index in [1.807, 2.05) is 0 Å². The Morgan fingerprint density at radius 1 is 0.840 bits per heavy atom. The number of ether oxygens (including phenoxy) is 4. The summed E-state index contributed by atoms with van der Waals surface area (Å²) < 4.78 is 20.9. The van der Waals surface area contributed by atoms with Gasteiger partial charge in [-0.05, 0) is 42.0 Å². The largest absolute Gasteiger partial charge is 0.497 e. The van der Waals surface area contributed by atoms with Gasteiger partial charge in [-0.1, -0.05) is 6.07 Å². The third-order valence-electron chi connectivity index (χ3n) is 3.65.